The normalized spacial score (nSPS) is 10.1. The number of anilines is 1. The van der Waals surface area contributed by atoms with E-state index < -0.39 is 0 Å². The lowest BCUT2D eigenvalue weighted by Gasteiger charge is -2.05. The van der Waals surface area contributed by atoms with Crippen LogP contribution in [0.25, 0.3) is 11.1 Å². The summed E-state index contributed by atoms with van der Waals surface area (Å²) in [6.45, 7) is 0. The maximum Gasteiger partial charge on any atom is 0.213 e. The zero-order chi connectivity index (χ0) is 11.5. The Morgan fingerprint density at radius 1 is 1.19 bits per heavy atom. The molecule has 0 saturated carbocycles. The van der Waals surface area contributed by atoms with Gasteiger partial charge < -0.3 is 10.5 Å². The predicted molar refractivity (Wildman–Crippen MR) is 65.6 cm³/mol. The Morgan fingerprint density at radius 2 is 1.94 bits per heavy atom. The van der Waals surface area contributed by atoms with Gasteiger partial charge in [-0.1, -0.05) is 17.7 Å². The Kier molecular flexibility index (Phi) is 2.97. The second-order valence-electron chi connectivity index (χ2n) is 3.32. The largest absolute Gasteiger partial charge is 0.481 e. The molecule has 2 N–H and O–H groups in total. The standard InChI is InChI=1S/C12H11ClN2O/c1-16-12-7-9(4-5-15-12)8-2-3-11(14)10(13)6-8/h2-7H,14H2,1H3. The molecule has 4 heteroatoms. The highest BCUT2D eigenvalue weighted by Crippen LogP contribution is 2.27. The van der Waals surface area contributed by atoms with E-state index in [1.54, 1.807) is 19.4 Å². The first-order valence-electron chi connectivity index (χ1n) is 4.76. The zero-order valence-electron chi connectivity index (χ0n) is 8.77. The first-order chi connectivity index (χ1) is 7.70. The van der Waals surface area contributed by atoms with Gasteiger partial charge in [0, 0.05) is 12.3 Å². The molecule has 0 amide bonds. The minimum atomic E-state index is 0.549. The van der Waals surface area contributed by atoms with E-state index in [2.05, 4.69) is 4.98 Å². The minimum absolute atomic E-state index is 0.549. The lowest BCUT2D eigenvalue weighted by atomic mass is 10.1. The number of nitrogen functional groups attached to an aromatic ring is 1. The van der Waals surface area contributed by atoms with Gasteiger partial charge in [0.15, 0.2) is 0 Å². The van der Waals surface area contributed by atoms with Gasteiger partial charge in [0.2, 0.25) is 5.88 Å². The molecule has 16 heavy (non-hydrogen) atoms. The zero-order valence-corrected chi connectivity index (χ0v) is 9.53. The number of halogens is 1. The molecule has 0 radical (unpaired) electrons. The molecule has 0 aliphatic carbocycles. The van der Waals surface area contributed by atoms with Crippen LogP contribution in [0, 0.1) is 0 Å². The van der Waals surface area contributed by atoms with Gasteiger partial charge in [0.25, 0.3) is 0 Å². The highest BCUT2D eigenvalue weighted by Gasteiger charge is 2.03. The number of rotatable bonds is 2. The van der Waals surface area contributed by atoms with Gasteiger partial charge in [-0.15, -0.1) is 0 Å². The molecule has 0 unspecified atom stereocenters. The third kappa shape index (κ3) is 2.09. The molecule has 0 aliphatic rings. The molecule has 0 fully saturated rings. The molecular weight excluding hydrogens is 224 g/mol. The van der Waals surface area contributed by atoms with E-state index in [4.69, 9.17) is 22.1 Å². The molecule has 0 spiro atoms. The molecule has 1 aromatic heterocycles. The first-order valence-corrected chi connectivity index (χ1v) is 5.14. The van der Waals surface area contributed by atoms with Crippen molar-refractivity contribution in [2.24, 2.45) is 0 Å². The van der Waals surface area contributed by atoms with Crippen LogP contribution in [0.3, 0.4) is 0 Å². The summed E-state index contributed by atoms with van der Waals surface area (Å²) in [6.07, 6.45) is 1.69. The fraction of sp³-hybridized carbons (Fsp3) is 0.0833. The summed E-state index contributed by atoms with van der Waals surface area (Å²) in [4.78, 5) is 4.04. The van der Waals surface area contributed by atoms with Gasteiger partial charge in [0.1, 0.15) is 0 Å². The van der Waals surface area contributed by atoms with E-state index >= 15 is 0 Å². The van der Waals surface area contributed by atoms with Crippen LogP contribution in [-0.4, -0.2) is 12.1 Å². The SMILES string of the molecule is COc1cc(-c2ccc(N)c(Cl)c2)ccn1. The Hall–Kier alpha value is -1.74. The first kappa shape index (κ1) is 10.8. The average molecular weight is 235 g/mol. The Bertz CT molecular complexity index is 514. The average Bonchev–Trinajstić information content (AvgIpc) is 2.33. The number of nitrogens with two attached hydrogens (primary N) is 1. The number of pyridine rings is 1. The van der Waals surface area contributed by atoms with Crippen LogP contribution in [0.15, 0.2) is 36.5 Å². The van der Waals surface area contributed by atoms with Crippen LogP contribution < -0.4 is 10.5 Å². The van der Waals surface area contributed by atoms with Crippen molar-refractivity contribution >= 4 is 17.3 Å². The summed E-state index contributed by atoms with van der Waals surface area (Å²) in [6, 6.07) is 9.26. The molecule has 0 saturated heterocycles. The van der Waals surface area contributed by atoms with Crippen LogP contribution in [-0.2, 0) is 0 Å². The van der Waals surface area contributed by atoms with Crippen molar-refractivity contribution in [3.05, 3.63) is 41.6 Å². The number of hydrogen-bond donors (Lipinski definition) is 1. The Labute approximate surface area is 98.8 Å². The summed E-state index contributed by atoms with van der Waals surface area (Å²) >= 11 is 5.97. The minimum Gasteiger partial charge on any atom is -0.481 e. The Morgan fingerprint density at radius 3 is 2.62 bits per heavy atom. The topological polar surface area (TPSA) is 48.1 Å². The molecule has 1 aromatic carbocycles. The molecule has 82 valence electrons. The fourth-order valence-electron chi connectivity index (χ4n) is 1.41. The number of ether oxygens (including phenoxy) is 1. The second kappa shape index (κ2) is 4.41. The lowest BCUT2D eigenvalue weighted by molar-refractivity contribution is 0.398. The van der Waals surface area contributed by atoms with Crippen molar-refractivity contribution in [3.63, 3.8) is 0 Å². The van der Waals surface area contributed by atoms with E-state index in [-0.39, 0.29) is 0 Å². The van der Waals surface area contributed by atoms with Crippen molar-refractivity contribution < 1.29 is 4.74 Å². The van der Waals surface area contributed by atoms with Crippen LogP contribution in [0.1, 0.15) is 0 Å². The maximum absolute atomic E-state index is 5.97. The van der Waals surface area contributed by atoms with Gasteiger partial charge in [-0.2, -0.15) is 0 Å². The number of hydrogen-bond acceptors (Lipinski definition) is 3. The molecule has 0 bridgehead atoms. The van der Waals surface area contributed by atoms with Gasteiger partial charge in [-0.05, 0) is 29.3 Å². The molecular formula is C12H11ClN2O. The summed E-state index contributed by atoms with van der Waals surface area (Å²) in [7, 11) is 1.59. The molecule has 2 rings (SSSR count). The lowest BCUT2D eigenvalue weighted by Crippen LogP contribution is -1.89. The molecule has 0 aliphatic heterocycles. The maximum atomic E-state index is 5.97. The molecule has 2 aromatic rings. The van der Waals surface area contributed by atoms with E-state index in [9.17, 15) is 0 Å². The number of benzene rings is 1. The van der Waals surface area contributed by atoms with Crippen LogP contribution in [0.2, 0.25) is 5.02 Å². The summed E-state index contributed by atoms with van der Waals surface area (Å²) in [5.41, 5.74) is 8.21. The monoisotopic (exact) mass is 234 g/mol. The number of aromatic nitrogens is 1. The number of methoxy groups -OCH3 is 1. The van der Waals surface area contributed by atoms with Crippen molar-refractivity contribution in [3.8, 4) is 17.0 Å². The summed E-state index contributed by atoms with van der Waals surface area (Å²) in [5.74, 6) is 0.574. The van der Waals surface area contributed by atoms with Gasteiger partial charge in [-0.3, -0.25) is 0 Å². The third-order valence-electron chi connectivity index (χ3n) is 2.28. The van der Waals surface area contributed by atoms with E-state index in [0.717, 1.165) is 11.1 Å². The van der Waals surface area contributed by atoms with Crippen molar-refractivity contribution in [1.29, 1.82) is 0 Å². The molecule has 0 atom stereocenters. The van der Waals surface area contributed by atoms with Gasteiger partial charge in [0.05, 0.1) is 17.8 Å². The van der Waals surface area contributed by atoms with Crippen LogP contribution >= 0.6 is 11.6 Å². The third-order valence-corrected chi connectivity index (χ3v) is 2.61. The fourth-order valence-corrected chi connectivity index (χ4v) is 1.59. The second-order valence-corrected chi connectivity index (χ2v) is 3.73. The smallest absolute Gasteiger partial charge is 0.213 e. The van der Waals surface area contributed by atoms with Crippen molar-refractivity contribution in [2.75, 3.05) is 12.8 Å². The quantitative estimate of drug-likeness (QED) is 0.813. The highest BCUT2D eigenvalue weighted by atomic mass is 35.5. The van der Waals surface area contributed by atoms with E-state index in [0.29, 0.717) is 16.6 Å². The Balaban J connectivity index is 2.46. The van der Waals surface area contributed by atoms with Crippen molar-refractivity contribution in [2.45, 2.75) is 0 Å². The van der Waals surface area contributed by atoms with E-state index in [1.165, 1.54) is 0 Å². The summed E-state index contributed by atoms with van der Waals surface area (Å²) in [5, 5.41) is 0.549. The number of nitrogens with zero attached hydrogens (tertiary/aromatic N) is 1. The molecule has 1 heterocycles. The van der Waals surface area contributed by atoms with Gasteiger partial charge in [-0.25, -0.2) is 4.98 Å². The van der Waals surface area contributed by atoms with Gasteiger partial charge >= 0.3 is 0 Å². The highest BCUT2D eigenvalue weighted by molar-refractivity contribution is 6.33. The summed E-state index contributed by atoms with van der Waals surface area (Å²) < 4.78 is 5.06. The van der Waals surface area contributed by atoms with Crippen LogP contribution in [0.4, 0.5) is 5.69 Å². The van der Waals surface area contributed by atoms with E-state index in [1.807, 2.05) is 24.3 Å². The van der Waals surface area contributed by atoms with Crippen LogP contribution in [0.5, 0.6) is 5.88 Å². The predicted octanol–water partition coefficient (Wildman–Crippen LogP) is 2.99. The molecule has 3 nitrogen and oxygen atoms in total. The van der Waals surface area contributed by atoms with Crippen molar-refractivity contribution in [1.82, 2.24) is 4.98 Å².